The first-order chi connectivity index (χ1) is 21.1. The lowest BCUT2D eigenvalue weighted by Gasteiger charge is -2.36. The minimum Gasteiger partial charge on any atom is -0.482 e. The maximum atomic E-state index is 13.6. The summed E-state index contributed by atoms with van der Waals surface area (Å²) in [6.07, 6.45) is 7.79. The second kappa shape index (κ2) is 11.7. The second-order valence-corrected chi connectivity index (χ2v) is 11.1. The van der Waals surface area contributed by atoms with Crippen LogP contribution in [0.25, 0.3) is 22.1 Å². The summed E-state index contributed by atoms with van der Waals surface area (Å²) in [4.78, 5) is 29.0. The zero-order valence-corrected chi connectivity index (χ0v) is 23.9. The zero-order chi connectivity index (χ0) is 29.3. The van der Waals surface area contributed by atoms with E-state index < -0.39 is 0 Å². The van der Waals surface area contributed by atoms with Crippen LogP contribution in [0.15, 0.2) is 59.4 Å². The minimum absolute atomic E-state index is 0.00928. The van der Waals surface area contributed by atoms with Crippen LogP contribution in [0.2, 0.25) is 0 Å². The molecule has 2 fully saturated rings. The number of carbonyl (C=O) groups is 1. The van der Waals surface area contributed by atoms with Crippen molar-refractivity contribution in [3.63, 3.8) is 0 Å². The Kier molecular flexibility index (Phi) is 7.50. The number of aromatic nitrogens is 4. The summed E-state index contributed by atoms with van der Waals surface area (Å²) in [7, 11) is 1.40. The van der Waals surface area contributed by atoms with Crippen molar-refractivity contribution in [3.05, 3.63) is 83.5 Å². The Labute approximate surface area is 247 Å². The van der Waals surface area contributed by atoms with Gasteiger partial charge in [-0.25, -0.2) is 19.2 Å². The van der Waals surface area contributed by atoms with Gasteiger partial charge in [-0.2, -0.15) is 0 Å². The fourth-order valence-corrected chi connectivity index (χ4v) is 6.02. The van der Waals surface area contributed by atoms with Crippen molar-refractivity contribution >= 4 is 28.1 Å². The number of hydrogen-bond acceptors (Lipinski definition) is 9. The number of oxazole rings is 1. The molecule has 0 spiro atoms. The number of carbonyl (C=O) groups excluding carboxylic acids is 1. The highest BCUT2D eigenvalue weighted by Crippen LogP contribution is 2.37. The van der Waals surface area contributed by atoms with Gasteiger partial charge in [-0.05, 0) is 67.8 Å². The number of imidazole rings is 1. The number of fused-ring (bicyclic) bond motifs is 2. The van der Waals surface area contributed by atoms with Crippen LogP contribution in [0.3, 0.4) is 0 Å². The Morgan fingerprint density at radius 3 is 2.88 bits per heavy atom. The smallest absolute Gasteiger partial charge is 0.337 e. The molecule has 2 atom stereocenters. The number of pyridine rings is 1. The summed E-state index contributed by atoms with van der Waals surface area (Å²) in [6, 6.07) is 11.7. The molecule has 0 N–H and O–H groups in total. The van der Waals surface area contributed by atoms with Crippen LogP contribution in [0, 0.1) is 5.82 Å². The maximum absolute atomic E-state index is 13.6. The van der Waals surface area contributed by atoms with Gasteiger partial charge in [-0.3, -0.25) is 9.88 Å². The molecule has 43 heavy (non-hydrogen) atoms. The number of methoxy groups -OCH3 is 1. The predicted molar refractivity (Wildman–Crippen MR) is 155 cm³/mol. The van der Waals surface area contributed by atoms with E-state index in [1.165, 1.54) is 19.2 Å². The molecule has 3 aromatic heterocycles. The van der Waals surface area contributed by atoms with Gasteiger partial charge < -0.3 is 23.2 Å². The highest BCUT2D eigenvalue weighted by Gasteiger charge is 2.29. The summed E-state index contributed by atoms with van der Waals surface area (Å²) in [5.74, 6) is 0.258. The lowest BCUT2D eigenvalue weighted by atomic mass is 9.96. The number of hydrogen-bond donors (Lipinski definition) is 0. The Bertz CT molecular complexity index is 1780. The van der Waals surface area contributed by atoms with Crippen LogP contribution in [-0.2, 0) is 29.2 Å². The molecule has 5 aromatic rings. The summed E-state index contributed by atoms with van der Waals surface area (Å²) in [5, 5.41) is 0. The van der Waals surface area contributed by atoms with Crippen LogP contribution in [-0.4, -0.2) is 56.8 Å². The standard InChI is InChI=1S/C32H32FN5O5/c1-40-32(39)20-13-21(30-26(14-20)38(19-35-30)17-23-9-12-41-23)16-37-11-3-2-5-25(37)31-28(6-4-10-34-31)42-18-29-36-24-15-22(33)7-8-27(24)43-29/h4,6-8,10,13-15,19,23,25H,2-3,5,9,11-12,16-18H2,1H3. The van der Waals surface area contributed by atoms with Crippen molar-refractivity contribution in [2.75, 3.05) is 20.3 Å². The van der Waals surface area contributed by atoms with Gasteiger partial charge in [0.1, 0.15) is 17.1 Å². The number of rotatable bonds is 9. The molecule has 2 unspecified atom stereocenters. The van der Waals surface area contributed by atoms with Crippen LogP contribution >= 0.6 is 0 Å². The van der Waals surface area contributed by atoms with E-state index in [1.807, 2.05) is 30.6 Å². The monoisotopic (exact) mass is 585 g/mol. The van der Waals surface area contributed by atoms with Gasteiger partial charge in [-0.1, -0.05) is 6.42 Å². The lowest BCUT2D eigenvalue weighted by Crippen LogP contribution is -2.34. The van der Waals surface area contributed by atoms with Crippen LogP contribution in [0.5, 0.6) is 5.75 Å². The van der Waals surface area contributed by atoms with Crippen molar-refractivity contribution in [2.45, 2.75) is 57.5 Å². The number of ether oxygens (including phenoxy) is 3. The average Bonchev–Trinajstić information content (AvgIpc) is 3.61. The number of piperidine rings is 1. The molecule has 0 bridgehead atoms. The average molecular weight is 586 g/mol. The zero-order valence-electron chi connectivity index (χ0n) is 23.9. The SMILES string of the molecule is COC(=O)c1cc(CN2CCCCC2c2ncccc2OCc2nc3cc(F)ccc3o2)c2ncn(CC3CCO3)c2c1. The number of benzene rings is 2. The van der Waals surface area contributed by atoms with Crippen molar-refractivity contribution in [3.8, 4) is 5.75 Å². The van der Waals surface area contributed by atoms with Gasteiger partial charge in [0.05, 0.1) is 54.4 Å². The third-order valence-corrected chi connectivity index (χ3v) is 8.27. The Morgan fingerprint density at radius 2 is 2.05 bits per heavy atom. The normalized spacial score (nSPS) is 19.0. The van der Waals surface area contributed by atoms with Crippen LogP contribution in [0.1, 0.15) is 59.2 Å². The second-order valence-electron chi connectivity index (χ2n) is 11.1. The first-order valence-electron chi connectivity index (χ1n) is 14.6. The van der Waals surface area contributed by atoms with Crippen molar-refractivity contribution in [1.82, 2.24) is 24.4 Å². The largest absolute Gasteiger partial charge is 0.482 e. The summed E-state index contributed by atoms with van der Waals surface area (Å²) in [6.45, 7) is 3.00. The van der Waals surface area contributed by atoms with E-state index in [9.17, 15) is 9.18 Å². The summed E-state index contributed by atoms with van der Waals surface area (Å²) >= 11 is 0. The molecule has 7 rings (SSSR count). The Morgan fingerprint density at radius 1 is 1.14 bits per heavy atom. The van der Waals surface area contributed by atoms with Crippen molar-refractivity contribution in [2.24, 2.45) is 0 Å². The topological polar surface area (TPSA) is 105 Å². The van der Waals surface area contributed by atoms with Gasteiger partial charge in [0.15, 0.2) is 12.2 Å². The molecule has 2 aliphatic rings. The van der Waals surface area contributed by atoms with Crippen LogP contribution in [0.4, 0.5) is 4.39 Å². The van der Waals surface area contributed by atoms with E-state index in [1.54, 1.807) is 12.3 Å². The highest BCUT2D eigenvalue weighted by atomic mass is 19.1. The van der Waals surface area contributed by atoms with Gasteiger partial charge in [-0.15, -0.1) is 0 Å². The first kappa shape index (κ1) is 27.5. The molecule has 11 heteroatoms. The number of halogens is 1. The van der Waals surface area contributed by atoms with E-state index in [0.717, 1.165) is 61.1 Å². The Balaban J connectivity index is 1.16. The van der Waals surface area contributed by atoms with E-state index in [0.29, 0.717) is 41.4 Å². The van der Waals surface area contributed by atoms with E-state index >= 15 is 0 Å². The molecule has 2 aromatic carbocycles. The molecule has 0 amide bonds. The molecular formula is C32H32FN5O5. The number of nitrogens with zero attached hydrogens (tertiary/aromatic N) is 5. The number of esters is 1. The third-order valence-electron chi connectivity index (χ3n) is 8.27. The molecule has 10 nitrogen and oxygen atoms in total. The van der Waals surface area contributed by atoms with Crippen molar-refractivity contribution < 1.29 is 27.8 Å². The molecule has 0 radical (unpaired) electrons. The van der Waals surface area contributed by atoms with E-state index in [4.69, 9.17) is 28.6 Å². The van der Waals surface area contributed by atoms with Gasteiger partial charge in [0.2, 0.25) is 5.89 Å². The molecule has 5 heterocycles. The molecule has 0 saturated carbocycles. The molecule has 0 aliphatic carbocycles. The first-order valence-corrected chi connectivity index (χ1v) is 14.6. The van der Waals surface area contributed by atoms with Gasteiger partial charge >= 0.3 is 5.97 Å². The van der Waals surface area contributed by atoms with Gasteiger partial charge in [0.25, 0.3) is 0 Å². The number of likely N-dealkylation sites (tertiary alicyclic amines) is 1. The third kappa shape index (κ3) is 5.57. The molecule has 222 valence electrons. The fraction of sp³-hybridized carbons (Fsp3) is 0.375. The summed E-state index contributed by atoms with van der Waals surface area (Å²) in [5.41, 5.74) is 4.99. The van der Waals surface area contributed by atoms with Crippen molar-refractivity contribution in [1.29, 1.82) is 0 Å². The maximum Gasteiger partial charge on any atom is 0.337 e. The highest BCUT2D eigenvalue weighted by molar-refractivity contribution is 5.95. The van der Waals surface area contributed by atoms with E-state index in [2.05, 4.69) is 14.5 Å². The molecule has 2 saturated heterocycles. The fourth-order valence-electron chi connectivity index (χ4n) is 6.02. The minimum atomic E-state index is -0.381. The summed E-state index contributed by atoms with van der Waals surface area (Å²) < 4.78 is 38.4. The Hall–Kier alpha value is -4.35. The van der Waals surface area contributed by atoms with Gasteiger partial charge in [0, 0.05) is 25.4 Å². The predicted octanol–water partition coefficient (Wildman–Crippen LogP) is 5.59. The quantitative estimate of drug-likeness (QED) is 0.205. The van der Waals surface area contributed by atoms with E-state index in [-0.39, 0.29) is 30.5 Å². The molecule has 2 aliphatic heterocycles. The van der Waals surface area contributed by atoms with Crippen LogP contribution < -0.4 is 4.74 Å². The lowest BCUT2D eigenvalue weighted by molar-refractivity contribution is -0.0586. The molecular weight excluding hydrogens is 553 g/mol.